The SMILES string of the molecule is CCN(CC(F)(F)F)c1nc(C(C)C)c(C(=O)O)s1. The molecule has 0 spiro atoms. The van der Waals surface area contributed by atoms with Crippen LogP contribution in [0.3, 0.4) is 0 Å². The number of anilines is 1. The van der Waals surface area contributed by atoms with Crippen LogP contribution in [-0.2, 0) is 0 Å². The van der Waals surface area contributed by atoms with Gasteiger partial charge in [0.05, 0.1) is 5.69 Å². The highest BCUT2D eigenvalue weighted by atomic mass is 32.1. The number of carbonyl (C=O) groups is 1. The topological polar surface area (TPSA) is 53.4 Å². The van der Waals surface area contributed by atoms with E-state index >= 15 is 0 Å². The van der Waals surface area contributed by atoms with Gasteiger partial charge in [-0.25, -0.2) is 9.78 Å². The molecule has 1 N–H and O–H groups in total. The Hall–Kier alpha value is -1.31. The first-order chi connectivity index (χ1) is 8.65. The number of carboxylic acids is 1. The highest BCUT2D eigenvalue weighted by Crippen LogP contribution is 2.32. The molecule has 0 fully saturated rings. The summed E-state index contributed by atoms with van der Waals surface area (Å²) in [5.74, 6) is -1.31. The van der Waals surface area contributed by atoms with Crippen molar-refractivity contribution in [3.8, 4) is 0 Å². The van der Waals surface area contributed by atoms with Gasteiger partial charge in [0.15, 0.2) is 5.13 Å². The minimum atomic E-state index is -4.34. The number of hydrogen-bond acceptors (Lipinski definition) is 4. The molecule has 19 heavy (non-hydrogen) atoms. The molecule has 0 aliphatic carbocycles. The lowest BCUT2D eigenvalue weighted by molar-refractivity contribution is -0.119. The van der Waals surface area contributed by atoms with E-state index in [4.69, 9.17) is 5.11 Å². The van der Waals surface area contributed by atoms with Crippen molar-refractivity contribution in [2.75, 3.05) is 18.0 Å². The van der Waals surface area contributed by atoms with Gasteiger partial charge in [-0.15, -0.1) is 0 Å². The Balaban J connectivity index is 3.12. The lowest BCUT2D eigenvalue weighted by Crippen LogP contribution is -2.34. The first-order valence-electron chi connectivity index (χ1n) is 5.71. The van der Waals surface area contributed by atoms with Gasteiger partial charge in [0.1, 0.15) is 11.4 Å². The molecule has 0 unspecified atom stereocenters. The molecule has 0 radical (unpaired) electrons. The van der Waals surface area contributed by atoms with E-state index in [2.05, 4.69) is 4.98 Å². The summed E-state index contributed by atoms with van der Waals surface area (Å²) >= 11 is 0.785. The largest absolute Gasteiger partial charge is 0.477 e. The quantitative estimate of drug-likeness (QED) is 0.905. The van der Waals surface area contributed by atoms with Crippen LogP contribution < -0.4 is 4.90 Å². The van der Waals surface area contributed by atoms with Gasteiger partial charge in [0.2, 0.25) is 0 Å². The second kappa shape index (κ2) is 5.77. The van der Waals surface area contributed by atoms with E-state index in [1.165, 1.54) is 0 Å². The standard InChI is InChI=1S/C11H15F3N2O2S/c1-4-16(5-11(12,13)14)10-15-7(6(2)3)8(19-10)9(17)18/h6H,4-5H2,1-3H3,(H,17,18). The number of halogens is 3. The van der Waals surface area contributed by atoms with E-state index in [0.717, 1.165) is 16.2 Å². The predicted molar refractivity (Wildman–Crippen MR) is 67.1 cm³/mol. The number of alkyl halides is 3. The van der Waals surface area contributed by atoms with Crippen LogP contribution in [0.5, 0.6) is 0 Å². The zero-order chi connectivity index (χ0) is 14.8. The maximum absolute atomic E-state index is 12.4. The Morgan fingerprint density at radius 2 is 2.05 bits per heavy atom. The summed E-state index contributed by atoms with van der Waals surface area (Å²) in [6.07, 6.45) is -4.34. The Morgan fingerprint density at radius 3 is 2.37 bits per heavy atom. The summed E-state index contributed by atoms with van der Waals surface area (Å²) in [7, 11) is 0. The van der Waals surface area contributed by atoms with E-state index < -0.39 is 18.7 Å². The number of aromatic carboxylic acids is 1. The first kappa shape index (κ1) is 15.7. The molecular formula is C11H15F3N2O2S. The average molecular weight is 296 g/mol. The summed E-state index contributed by atoms with van der Waals surface area (Å²) in [6.45, 7) is 4.07. The Bertz CT molecular complexity index is 457. The van der Waals surface area contributed by atoms with Crippen molar-refractivity contribution in [3.63, 3.8) is 0 Å². The van der Waals surface area contributed by atoms with Crippen LogP contribution in [-0.4, -0.2) is 35.3 Å². The highest BCUT2D eigenvalue weighted by Gasteiger charge is 2.32. The summed E-state index contributed by atoms with van der Waals surface area (Å²) < 4.78 is 37.3. The monoisotopic (exact) mass is 296 g/mol. The number of nitrogens with zero attached hydrogens (tertiary/aromatic N) is 2. The molecule has 0 saturated carbocycles. The molecular weight excluding hydrogens is 281 g/mol. The van der Waals surface area contributed by atoms with Crippen molar-refractivity contribution >= 4 is 22.4 Å². The van der Waals surface area contributed by atoms with Crippen molar-refractivity contribution in [3.05, 3.63) is 10.6 Å². The minimum Gasteiger partial charge on any atom is -0.477 e. The molecule has 108 valence electrons. The fraction of sp³-hybridized carbons (Fsp3) is 0.636. The highest BCUT2D eigenvalue weighted by molar-refractivity contribution is 7.17. The molecule has 0 atom stereocenters. The zero-order valence-electron chi connectivity index (χ0n) is 10.8. The van der Waals surface area contributed by atoms with Crippen LogP contribution >= 0.6 is 11.3 Å². The van der Waals surface area contributed by atoms with Gasteiger partial charge in [-0.2, -0.15) is 13.2 Å². The van der Waals surface area contributed by atoms with Crippen molar-refractivity contribution in [1.29, 1.82) is 0 Å². The molecule has 4 nitrogen and oxygen atoms in total. The number of rotatable bonds is 5. The van der Waals surface area contributed by atoms with E-state index in [1.807, 2.05) is 0 Å². The molecule has 0 aromatic carbocycles. The van der Waals surface area contributed by atoms with Crippen LogP contribution in [0.4, 0.5) is 18.3 Å². The fourth-order valence-electron chi connectivity index (χ4n) is 1.53. The van der Waals surface area contributed by atoms with Gasteiger partial charge < -0.3 is 10.0 Å². The maximum atomic E-state index is 12.4. The van der Waals surface area contributed by atoms with Crippen LogP contribution in [0.15, 0.2) is 0 Å². The van der Waals surface area contributed by atoms with Gasteiger partial charge in [-0.1, -0.05) is 25.2 Å². The van der Waals surface area contributed by atoms with Crippen molar-refractivity contribution in [1.82, 2.24) is 4.98 Å². The van der Waals surface area contributed by atoms with Gasteiger partial charge in [-0.3, -0.25) is 0 Å². The molecule has 0 saturated heterocycles. The minimum absolute atomic E-state index is 0.00521. The van der Waals surface area contributed by atoms with E-state index in [1.54, 1.807) is 20.8 Å². The van der Waals surface area contributed by atoms with Crippen LogP contribution in [0.2, 0.25) is 0 Å². The van der Waals surface area contributed by atoms with Crippen molar-refractivity contribution < 1.29 is 23.1 Å². The van der Waals surface area contributed by atoms with Gasteiger partial charge in [0, 0.05) is 6.54 Å². The lowest BCUT2D eigenvalue weighted by atomic mass is 10.1. The molecule has 0 bridgehead atoms. The zero-order valence-corrected chi connectivity index (χ0v) is 11.6. The van der Waals surface area contributed by atoms with Crippen molar-refractivity contribution in [2.45, 2.75) is 32.9 Å². The maximum Gasteiger partial charge on any atom is 0.406 e. The Labute approximate surface area is 112 Å². The molecule has 1 aromatic heterocycles. The summed E-state index contributed by atoms with van der Waals surface area (Å²) in [4.78, 5) is 16.2. The van der Waals surface area contributed by atoms with E-state index in [9.17, 15) is 18.0 Å². The molecule has 1 rings (SSSR count). The van der Waals surface area contributed by atoms with E-state index in [-0.39, 0.29) is 22.5 Å². The molecule has 0 aliphatic heterocycles. The molecule has 0 aliphatic rings. The predicted octanol–water partition coefficient (Wildman–Crippen LogP) is 3.35. The van der Waals surface area contributed by atoms with Crippen molar-refractivity contribution in [2.24, 2.45) is 0 Å². The first-order valence-corrected chi connectivity index (χ1v) is 6.53. The van der Waals surface area contributed by atoms with Crippen LogP contribution in [0.1, 0.15) is 42.1 Å². The third-order valence-electron chi connectivity index (χ3n) is 2.41. The van der Waals surface area contributed by atoms with Gasteiger partial charge in [0.25, 0.3) is 0 Å². The normalized spacial score (nSPS) is 11.9. The number of aromatic nitrogens is 1. The molecule has 1 aromatic rings. The van der Waals surface area contributed by atoms with Gasteiger partial charge in [-0.05, 0) is 12.8 Å². The lowest BCUT2D eigenvalue weighted by Gasteiger charge is -2.21. The third-order valence-corrected chi connectivity index (χ3v) is 3.53. The van der Waals surface area contributed by atoms with Gasteiger partial charge >= 0.3 is 12.1 Å². The summed E-state index contributed by atoms with van der Waals surface area (Å²) in [6, 6.07) is 0. The summed E-state index contributed by atoms with van der Waals surface area (Å²) in [5.41, 5.74) is 0.327. The number of carboxylic acid groups (broad SMARTS) is 1. The second-order valence-electron chi connectivity index (χ2n) is 4.30. The second-order valence-corrected chi connectivity index (χ2v) is 5.28. The smallest absolute Gasteiger partial charge is 0.406 e. The van der Waals surface area contributed by atoms with E-state index in [0.29, 0.717) is 5.69 Å². The third kappa shape index (κ3) is 4.09. The number of hydrogen-bond donors (Lipinski definition) is 1. The number of thiazole rings is 1. The average Bonchev–Trinajstić information content (AvgIpc) is 2.69. The Kier molecular flexibility index (Phi) is 4.78. The van der Waals surface area contributed by atoms with Crippen LogP contribution in [0, 0.1) is 0 Å². The molecule has 1 heterocycles. The van der Waals surface area contributed by atoms with Crippen LogP contribution in [0.25, 0.3) is 0 Å². The molecule has 0 amide bonds. The Morgan fingerprint density at radius 1 is 1.47 bits per heavy atom. The molecule has 8 heteroatoms. The summed E-state index contributed by atoms with van der Waals surface area (Å²) in [5, 5.41) is 9.14. The fourth-order valence-corrected chi connectivity index (χ4v) is 2.65.